The Kier molecular flexibility index (Phi) is 4.90. The summed E-state index contributed by atoms with van der Waals surface area (Å²) in [6.45, 7) is 2.02. The zero-order valence-corrected chi connectivity index (χ0v) is 7.05. The number of hydrogen-bond donors (Lipinski definition) is 1. The van der Waals surface area contributed by atoms with E-state index < -0.39 is 0 Å². The number of aliphatic hydroxyl groups is 1. The highest BCUT2D eigenvalue weighted by Gasteiger charge is 2.09. The molecule has 0 aliphatic carbocycles. The van der Waals surface area contributed by atoms with Gasteiger partial charge in [0.05, 0.1) is 0 Å². The molecule has 0 aromatic rings. The first-order chi connectivity index (χ1) is 3.72. The van der Waals surface area contributed by atoms with E-state index in [1.807, 2.05) is 19.4 Å². The van der Waals surface area contributed by atoms with Crippen molar-refractivity contribution >= 4 is 23.5 Å². The molecule has 8 heavy (non-hydrogen) atoms. The zero-order valence-electron chi connectivity index (χ0n) is 5.42. The molecule has 0 amide bonds. The highest BCUT2D eigenvalue weighted by atomic mass is 32.2. The van der Waals surface area contributed by atoms with Crippen molar-refractivity contribution in [3.05, 3.63) is 0 Å². The minimum Gasteiger partial charge on any atom is -0.381 e. The van der Waals surface area contributed by atoms with Gasteiger partial charge in [-0.1, -0.05) is 0 Å². The van der Waals surface area contributed by atoms with Gasteiger partial charge in [0.25, 0.3) is 0 Å². The Morgan fingerprint density at radius 1 is 1.25 bits per heavy atom. The molecule has 0 bridgehead atoms. The fourth-order valence-electron chi connectivity index (χ4n) is 0.308. The van der Waals surface area contributed by atoms with Gasteiger partial charge in [-0.15, -0.1) is 11.8 Å². The topological polar surface area (TPSA) is 20.2 Å². The monoisotopic (exact) mass is 152 g/mol. The molecule has 3 heteroatoms. The SMILES string of the molecule is CSC(C)C(O)SC. The lowest BCUT2D eigenvalue weighted by Gasteiger charge is -2.12. The smallest absolute Gasteiger partial charge is 0.111 e. The van der Waals surface area contributed by atoms with Crippen LogP contribution in [0.1, 0.15) is 6.92 Å². The molecule has 0 saturated heterocycles. The van der Waals surface area contributed by atoms with Crippen molar-refractivity contribution in [3.63, 3.8) is 0 Å². The van der Waals surface area contributed by atoms with Crippen LogP contribution < -0.4 is 0 Å². The van der Waals surface area contributed by atoms with Gasteiger partial charge in [-0.3, -0.25) is 0 Å². The van der Waals surface area contributed by atoms with Crippen LogP contribution in [0.15, 0.2) is 0 Å². The summed E-state index contributed by atoms with van der Waals surface area (Å²) in [4.78, 5) is 0. The van der Waals surface area contributed by atoms with Gasteiger partial charge in [-0.05, 0) is 19.4 Å². The molecule has 2 unspecified atom stereocenters. The molecule has 0 aliphatic rings. The van der Waals surface area contributed by atoms with E-state index in [0.717, 1.165) is 0 Å². The number of thioether (sulfide) groups is 2. The molecule has 1 nitrogen and oxygen atoms in total. The molecule has 2 atom stereocenters. The number of rotatable bonds is 3. The van der Waals surface area contributed by atoms with Crippen LogP contribution in [0.25, 0.3) is 0 Å². The minimum atomic E-state index is -0.204. The van der Waals surface area contributed by atoms with E-state index in [0.29, 0.717) is 5.25 Å². The predicted octanol–water partition coefficient (Wildman–Crippen LogP) is 1.42. The van der Waals surface area contributed by atoms with E-state index >= 15 is 0 Å². The van der Waals surface area contributed by atoms with Crippen LogP contribution in [0.5, 0.6) is 0 Å². The summed E-state index contributed by atoms with van der Waals surface area (Å²) in [5.41, 5.74) is -0.204. The first-order valence-corrected chi connectivity index (χ1v) is 5.03. The van der Waals surface area contributed by atoms with Gasteiger partial charge in [-0.25, -0.2) is 0 Å². The number of aliphatic hydroxyl groups excluding tert-OH is 1. The average Bonchev–Trinajstić information content (AvgIpc) is 1.84. The molecule has 0 saturated carbocycles. The van der Waals surface area contributed by atoms with Crippen molar-refractivity contribution in [2.24, 2.45) is 0 Å². The van der Waals surface area contributed by atoms with Crippen molar-refractivity contribution in [2.45, 2.75) is 17.6 Å². The molecule has 0 aromatic heterocycles. The molecule has 0 heterocycles. The lowest BCUT2D eigenvalue weighted by molar-refractivity contribution is 0.265. The maximum absolute atomic E-state index is 9.07. The molecule has 0 fully saturated rings. The van der Waals surface area contributed by atoms with Crippen molar-refractivity contribution in [2.75, 3.05) is 12.5 Å². The molecule has 50 valence electrons. The Morgan fingerprint density at radius 3 is 1.88 bits per heavy atom. The van der Waals surface area contributed by atoms with Crippen molar-refractivity contribution < 1.29 is 5.11 Å². The molecule has 1 N–H and O–H groups in total. The molecule has 0 aromatic carbocycles. The molecule has 0 spiro atoms. The second-order valence-electron chi connectivity index (χ2n) is 1.57. The summed E-state index contributed by atoms with van der Waals surface area (Å²) in [6.07, 6.45) is 3.92. The van der Waals surface area contributed by atoms with Crippen molar-refractivity contribution in [3.8, 4) is 0 Å². The third kappa shape index (κ3) is 2.84. The van der Waals surface area contributed by atoms with Gasteiger partial charge < -0.3 is 5.11 Å². The van der Waals surface area contributed by atoms with E-state index in [1.54, 1.807) is 11.8 Å². The van der Waals surface area contributed by atoms with Crippen molar-refractivity contribution in [1.29, 1.82) is 0 Å². The van der Waals surface area contributed by atoms with Gasteiger partial charge in [0.15, 0.2) is 0 Å². The van der Waals surface area contributed by atoms with Crippen LogP contribution in [0.3, 0.4) is 0 Å². The second-order valence-corrected chi connectivity index (χ2v) is 3.74. The van der Waals surface area contributed by atoms with Crippen LogP contribution in [-0.4, -0.2) is 28.3 Å². The van der Waals surface area contributed by atoms with E-state index in [-0.39, 0.29) is 5.44 Å². The fourth-order valence-corrected chi connectivity index (χ4v) is 1.59. The van der Waals surface area contributed by atoms with Gasteiger partial charge in [-0.2, -0.15) is 11.8 Å². The van der Waals surface area contributed by atoms with Gasteiger partial charge in [0.2, 0.25) is 0 Å². The molecule has 0 aliphatic heterocycles. The molecule has 0 radical (unpaired) electrons. The summed E-state index contributed by atoms with van der Waals surface area (Å²) in [6, 6.07) is 0. The Morgan fingerprint density at radius 2 is 1.75 bits per heavy atom. The largest absolute Gasteiger partial charge is 0.381 e. The van der Waals surface area contributed by atoms with E-state index in [2.05, 4.69) is 0 Å². The predicted molar refractivity (Wildman–Crippen MR) is 42.5 cm³/mol. The summed E-state index contributed by atoms with van der Waals surface area (Å²) in [7, 11) is 0. The quantitative estimate of drug-likeness (QED) is 0.618. The lowest BCUT2D eigenvalue weighted by Crippen LogP contribution is -2.14. The first kappa shape index (κ1) is 8.66. The zero-order chi connectivity index (χ0) is 6.57. The van der Waals surface area contributed by atoms with Crippen LogP contribution in [0.2, 0.25) is 0 Å². The summed E-state index contributed by atoms with van der Waals surface area (Å²) < 4.78 is 0. The maximum atomic E-state index is 9.07. The van der Waals surface area contributed by atoms with Gasteiger partial charge >= 0.3 is 0 Å². The van der Waals surface area contributed by atoms with Crippen LogP contribution in [0, 0.1) is 0 Å². The number of hydrogen-bond acceptors (Lipinski definition) is 3. The summed E-state index contributed by atoms with van der Waals surface area (Å²) in [5.74, 6) is 0. The second kappa shape index (κ2) is 4.53. The van der Waals surface area contributed by atoms with E-state index in [9.17, 15) is 0 Å². The van der Waals surface area contributed by atoms with Crippen LogP contribution in [-0.2, 0) is 0 Å². The van der Waals surface area contributed by atoms with Crippen LogP contribution in [0.4, 0.5) is 0 Å². The van der Waals surface area contributed by atoms with Crippen LogP contribution >= 0.6 is 23.5 Å². The van der Waals surface area contributed by atoms with Crippen molar-refractivity contribution in [1.82, 2.24) is 0 Å². The fraction of sp³-hybridized carbons (Fsp3) is 1.00. The normalized spacial score (nSPS) is 18.0. The minimum absolute atomic E-state index is 0.204. The highest BCUT2D eigenvalue weighted by Crippen LogP contribution is 2.17. The Hall–Kier alpha value is 0.660. The summed E-state index contributed by atoms with van der Waals surface area (Å²) in [5, 5.41) is 9.42. The maximum Gasteiger partial charge on any atom is 0.111 e. The van der Waals surface area contributed by atoms with Gasteiger partial charge in [0.1, 0.15) is 5.44 Å². The van der Waals surface area contributed by atoms with E-state index in [4.69, 9.17) is 5.11 Å². The average molecular weight is 152 g/mol. The molecule has 0 rings (SSSR count). The third-order valence-corrected chi connectivity index (χ3v) is 3.08. The Balaban J connectivity index is 3.29. The third-order valence-electron chi connectivity index (χ3n) is 1.01. The molecular weight excluding hydrogens is 140 g/mol. The Bertz CT molecular complexity index is 50.4. The standard InChI is InChI=1S/C5H12OS2/c1-4(7-2)5(6)8-3/h4-6H,1-3H3. The Labute approximate surface area is 59.2 Å². The summed E-state index contributed by atoms with van der Waals surface area (Å²) >= 11 is 3.18. The lowest BCUT2D eigenvalue weighted by atomic mass is 10.5. The highest BCUT2D eigenvalue weighted by molar-refractivity contribution is 8.02. The van der Waals surface area contributed by atoms with Gasteiger partial charge in [0, 0.05) is 5.25 Å². The van der Waals surface area contributed by atoms with E-state index in [1.165, 1.54) is 11.8 Å². The first-order valence-electron chi connectivity index (χ1n) is 2.46. The molecular formula is C5H12OS2.